The van der Waals surface area contributed by atoms with Crippen molar-refractivity contribution in [2.75, 3.05) is 0 Å². The van der Waals surface area contributed by atoms with Crippen molar-refractivity contribution < 1.29 is 4.74 Å². The summed E-state index contributed by atoms with van der Waals surface area (Å²) in [5.41, 5.74) is 8.17. The molecule has 2 heteroatoms. The van der Waals surface area contributed by atoms with Crippen molar-refractivity contribution in [2.45, 2.75) is 57.6 Å². The third-order valence-electron chi connectivity index (χ3n) is 6.31. The van der Waals surface area contributed by atoms with Crippen molar-refractivity contribution >= 4 is 0 Å². The Bertz CT molecular complexity index is 540. The Morgan fingerprint density at radius 2 is 2.05 bits per heavy atom. The van der Waals surface area contributed by atoms with E-state index in [1.54, 1.807) is 0 Å². The smallest absolute Gasteiger partial charge is 0.120 e. The molecule has 3 aliphatic carbocycles. The maximum absolute atomic E-state index is 6.97. The first kappa shape index (κ1) is 13.6. The fraction of sp³-hybridized carbons (Fsp3) is 0.684. The summed E-state index contributed by atoms with van der Waals surface area (Å²) in [7, 11) is 0. The van der Waals surface area contributed by atoms with Crippen LogP contribution in [-0.2, 0) is 5.54 Å². The number of fused-ring (bicyclic) bond motifs is 5. The summed E-state index contributed by atoms with van der Waals surface area (Å²) < 4.78 is 5.87. The lowest BCUT2D eigenvalue weighted by Gasteiger charge is -2.40. The molecule has 1 aromatic rings. The molecule has 2 bridgehead atoms. The van der Waals surface area contributed by atoms with E-state index in [9.17, 15) is 0 Å². The molecule has 0 aromatic heterocycles. The number of hydrogen-bond acceptors (Lipinski definition) is 2. The molecule has 5 unspecified atom stereocenters. The fourth-order valence-electron chi connectivity index (χ4n) is 5.65. The summed E-state index contributed by atoms with van der Waals surface area (Å²) in [6, 6.07) is 8.58. The van der Waals surface area contributed by atoms with Crippen LogP contribution in [0.25, 0.3) is 0 Å². The van der Waals surface area contributed by atoms with Crippen molar-refractivity contribution in [3.63, 3.8) is 0 Å². The van der Waals surface area contributed by atoms with Gasteiger partial charge >= 0.3 is 0 Å². The van der Waals surface area contributed by atoms with E-state index in [1.165, 1.54) is 37.7 Å². The van der Waals surface area contributed by atoms with Gasteiger partial charge in [0.1, 0.15) is 5.75 Å². The zero-order valence-corrected chi connectivity index (χ0v) is 13.2. The molecule has 3 aliphatic rings. The summed E-state index contributed by atoms with van der Waals surface area (Å²) in [6.45, 7) is 4.15. The van der Waals surface area contributed by atoms with Crippen LogP contribution in [0, 0.1) is 23.7 Å². The molecule has 3 fully saturated rings. The maximum Gasteiger partial charge on any atom is 0.120 e. The highest BCUT2D eigenvalue weighted by molar-refractivity contribution is 5.36. The Morgan fingerprint density at radius 3 is 2.86 bits per heavy atom. The van der Waals surface area contributed by atoms with Gasteiger partial charge in [-0.2, -0.15) is 0 Å². The third kappa shape index (κ3) is 2.03. The van der Waals surface area contributed by atoms with Gasteiger partial charge in [0, 0.05) is 5.54 Å². The van der Waals surface area contributed by atoms with E-state index < -0.39 is 0 Å². The minimum absolute atomic E-state index is 0.105. The van der Waals surface area contributed by atoms with Gasteiger partial charge in [0.05, 0.1) is 6.10 Å². The van der Waals surface area contributed by atoms with Crippen LogP contribution in [0.1, 0.15) is 51.5 Å². The van der Waals surface area contributed by atoms with Gasteiger partial charge in [0.2, 0.25) is 0 Å². The summed E-state index contributed by atoms with van der Waals surface area (Å²) >= 11 is 0. The highest BCUT2D eigenvalue weighted by Crippen LogP contribution is 2.64. The molecule has 5 atom stereocenters. The second-order valence-electron chi connectivity index (χ2n) is 7.80. The fourth-order valence-corrected chi connectivity index (χ4v) is 5.65. The zero-order chi connectivity index (χ0) is 14.6. The van der Waals surface area contributed by atoms with Crippen molar-refractivity contribution in [1.29, 1.82) is 0 Å². The number of ether oxygens (including phenoxy) is 1. The van der Waals surface area contributed by atoms with Gasteiger partial charge in [-0.05, 0) is 80.9 Å². The molecule has 0 radical (unpaired) electrons. The molecule has 2 nitrogen and oxygen atoms in total. The van der Waals surface area contributed by atoms with Crippen molar-refractivity contribution in [2.24, 2.45) is 29.4 Å². The molecule has 21 heavy (non-hydrogen) atoms. The van der Waals surface area contributed by atoms with Crippen LogP contribution in [0.2, 0.25) is 0 Å². The second kappa shape index (κ2) is 4.74. The summed E-state index contributed by atoms with van der Waals surface area (Å²) in [5.74, 6) is 4.43. The van der Waals surface area contributed by atoms with Crippen molar-refractivity contribution in [3.8, 4) is 5.75 Å². The van der Waals surface area contributed by atoms with Gasteiger partial charge in [0.15, 0.2) is 0 Å². The quantitative estimate of drug-likeness (QED) is 0.908. The largest absolute Gasteiger partial charge is 0.491 e. The molecular formula is C19H27NO. The van der Waals surface area contributed by atoms with Crippen LogP contribution >= 0.6 is 0 Å². The first-order chi connectivity index (χ1) is 10.1. The van der Waals surface area contributed by atoms with E-state index in [2.05, 4.69) is 38.1 Å². The molecular weight excluding hydrogens is 258 g/mol. The average molecular weight is 285 g/mol. The number of rotatable bonds is 3. The predicted molar refractivity (Wildman–Crippen MR) is 85.1 cm³/mol. The van der Waals surface area contributed by atoms with Gasteiger partial charge < -0.3 is 10.5 Å². The van der Waals surface area contributed by atoms with Crippen LogP contribution < -0.4 is 10.5 Å². The van der Waals surface area contributed by atoms with E-state index in [4.69, 9.17) is 10.5 Å². The molecule has 0 amide bonds. The van der Waals surface area contributed by atoms with E-state index in [-0.39, 0.29) is 11.6 Å². The second-order valence-corrected chi connectivity index (χ2v) is 7.80. The lowest BCUT2D eigenvalue weighted by Crippen LogP contribution is -2.46. The lowest BCUT2D eigenvalue weighted by molar-refractivity contribution is 0.156. The molecule has 1 aromatic carbocycles. The maximum atomic E-state index is 6.97. The molecule has 2 N–H and O–H groups in total. The van der Waals surface area contributed by atoms with Gasteiger partial charge in [0.25, 0.3) is 0 Å². The molecule has 114 valence electrons. The summed E-state index contributed by atoms with van der Waals surface area (Å²) in [4.78, 5) is 0. The number of benzene rings is 1. The summed E-state index contributed by atoms with van der Waals surface area (Å²) in [6.07, 6.45) is 7.05. The van der Waals surface area contributed by atoms with Gasteiger partial charge in [-0.15, -0.1) is 0 Å². The Kier molecular flexibility index (Phi) is 3.08. The number of hydrogen-bond donors (Lipinski definition) is 1. The Labute approximate surface area is 128 Å². The predicted octanol–water partition coefficient (Wildman–Crippen LogP) is 4.08. The third-order valence-corrected chi connectivity index (χ3v) is 6.31. The zero-order valence-electron chi connectivity index (χ0n) is 13.2. The minimum atomic E-state index is -0.105. The Balaban J connectivity index is 1.64. The minimum Gasteiger partial charge on any atom is -0.491 e. The molecule has 0 aliphatic heterocycles. The van der Waals surface area contributed by atoms with Crippen LogP contribution in [-0.4, -0.2) is 6.10 Å². The Hall–Kier alpha value is -1.02. The van der Waals surface area contributed by atoms with Crippen molar-refractivity contribution in [1.82, 2.24) is 0 Å². The highest BCUT2D eigenvalue weighted by atomic mass is 16.5. The topological polar surface area (TPSA) is 35.2 Å². The van der Waals surface area contributed by atoms with E-state index in [0.29, 0.717) is 5.92 Å². The highest BCUT2D eigenvalue weighted by Gasteiger charge is 2.59. The van der Waals surface area contributed by atoms with Crippen LogP contribution in [0.15, 0.2) is 24.3 Å². The van der Waals surface area contributed by atoms with Gasteiger partial charge in [-0.25, -0.2) is 0 Å². The SMILES string of the molecule is CC(C)Oc1cccc(C2(N)CC3CC2C2CCCC32)c1. The Morgan fingerprint density at radius 1 is 1.24 bits per heavy atom. The standard InChI is InChI=1S/C19H27NO/c1-12(2)21-15-6-3-5-14(10-15)19(20)11-13-9-18(19)17-8-4-7-16(13)17/h3,5-6,10,12-13,16-18H,4,7-9,11,20H2,1-2H3. The van der Waals surface area contributed by atoms with E-state index in [0.717, 1.165) is 23.5 Å². The first-order valence-electron chi connectivity index (χ1n) is 8.64. The van der Waals surface area contributed by atoms with Crippen LogP contribution in [0.5, 0.6) is 5.75 Å². The normalized spacial score (nSPS) is 40.8. The molecule has 4 rings (SSSR count). The first-order valence-corrected chi connectivity index (χ1v) is 8.64. The number of nitrogens with two attached hydrogens (primary N) is 1. The monoisotopic (exact) mass is 285 g/mol. The van der Waals surface area contributed by atoms with Crippen LogP contribution in [0.4, 0.5) is 0 Å². The molecule has 0 heterocycles. The van der Waals surface area contributed by atoms with Gasteiger partial charge in [-0.1, -0.05) is 18.6 Å². The summed E-state index contributed by atoms with van der Waals surface area (Å²) in [5, 5.41) is 0. The molecule has 0 spiro atoms. The molecule has 0 saturated heterocycles. The van der Waals surface area contributed by atoms with Crippen molar-refractivity contribution in [3.05, 3.63) is 29.8 Å². The van der Waals surface area contributed by atoms with Crippen LogP contribution in [0.3, 0.4) is 0 Å². The lowest BCUT2D eigenvalue weighted by atomic mass is 9.68. The average Bonchev–Trinajstić information content (AvgIpc) is 3.09. The molecule has 3 saturated carbocycles. The van der Waals surface area contributed by atoms with E-state index >= 15 is 0 Å². The van der Waals surface area contributed by atoms with E-state index in [1.807, 2.05) is 0 Å². The van der Waals surface area contributed by atoms with Gasteiger partial charge in [-0.3, -0.25) is 0 Å².